The molecule has 2 aromatic rings. The topological polar surface area (TPSA) is 100 Å². The van der Waals surface area contributed by atoms with E-state index in [0.717, 1.165) is 0 Å². The summed E-state index contributed by atoms with van der Waals surface area (Å²) in [5, 5.41) is 16.5. The molecular weight excluding hydrogens is 346 g/mol. The first-order valence-corrected chi connectivity index (χ1v) is 7.57. The van der Waals surface area contributed by atoms with Crippen molar-refractivity contribution in [3.8, 4) is 11.5 Å². The zero-order valence-electron chi connectivity index (χ0n) is 13.5. The molecule has 7 nitrogen and oxygen atoms in total. The number of para-hydroxylation sites is 1. The second kappa shape index (κ2) is 8.16. The van der Waals surface area contributed by atoms with E-state index in [2.05, 4.69) is 15.8 Å². The molecule has 0 radical (unpaired) electrons. The van der Waals surface area contributed by atoms with Crippen LogP contribution in [0.1, 0.15) is 11.1 Å². The smallest absolute Gasteiger partial charge is 0.329 e. The number of hydrazone groups is 1. The van der Waals surface area contributed by atoms with Gasteiger partial charge in [0.15, 0.2) is 11.5 Å². The molecule has 0 aliphatic rings. The Labute approximate surface area is 149 Å². The fourth-order valence-electron chi connectivity index (χ4n) is 1.94. The Balaban J connectivity index is 2.00. The Bertz CT molecular complexity index is 837. The number of phenolic OH excluding ortho intramolecular Hbond substituents is 1. The van der Waals surface area contributed by atoms with E-state index < -0.39 is 11.8 Å². The molecule has 0 aliphatic carbocycles. The van der Waals surface area contributed by atoms with E-state index in [4.69, 9.17) is 16.3 Å². The highest BCUT2D eigenvalue weighted by atomic mass is 35.5. The van der Waals surface area contributed by atoms with Crippen LogP contribution in [-0.2, 0) is 9.59 Å². The number of nitrogens with zero attached hydrogens (tertiary/aromatic N) is 1. The normalized spacial score (nSPS) is 10.5. The molecule has 2 rings (SSSR count). The molecule has 2 aromatic carbocycles. The second-order valence-corrected chi connectivity index (χ2v) is 5.37. The first kappa shape index (κ1) is 18.3. The monoisotopic (exact) mass is 361 g/mol. The summed E-state index contributed by atoms with van der Waals surface area (Å²) >= 11 is 5.96. The van der Waals surface area contributed by atoms with Crippen LogP contribution in [0.3, 0.4) is 0 Å². The molecule has 0 fully saturated rings. The van der Waals surface area contributed by atoms with Crippen molar-refractivity contribution in [2.24, 2.45) is 5.10 Å². The lowest BCUT2D eigenvalue weighted by Gasteiger charge is -2.08. The van der Waals surface area contributed by atoms with Gasteiger partial charge in [-0.3, -0.25) is 9.59 Å². The standard InChI is InChI=1S/C17H16ClN3O4/c1-10-12(18)6-4-7-13(10)20-16(23)17(24)21-19-9-11-5-3-8-14(25-2)15(11)22/h3-9,22H,1-2H3,(H,20,23)(H,21,24)/b19-9+. The summed E-state index contributed by atoms with van der Waals surface area (Å²) < 4.78 is 4.96. The zero-order chi connectivity index (χ0) is 18.4. The lowest BCUT2D eigenvalue weighted by atomic mass is 10.2. The maximum atomic E-state index is 11.9. The number of amides is 2. The summed E-state index contributed by atoms with van der Waals surface area (Å²) in [5.74, 6) is -1.71. The van der Waals surface area contributed by atoms with E-state index in [-0.39, 0.29) is 11.5 Å². The third-order valence-corrected chi connectivity index (χ3v) is 3.75. The minimum absolute atomic E-state index is 0.123. The van der Waals surface area contributed by atoms with E-state index >= 15 is 0 Å². The van der Waals surface area contributed by atoms with Gasteiger partial charge in [0.05, 0.1) is 13.3 Å². The number of methoxy groups -OCH3 is 1. The van der Waals surface area contributed by atoms with Crippen LogP contribution in [-0.4, -0.2) is 30.2 Å². The van der Waals surface area contributed by atoms with Crippen molar-refractivity contribution in [1.29, 1.82) is 0 Å². The molecule has 0 spiro atoms. The number of halogens is 1. The lowest BCUT2D eigenvalue weighted by molar-refractivity contribution is -0.136. The largest absolute Gasteiger partial charge is 0.504 e. The fourth-order valence-corrected chi connectivity index (χ4v) is 2.12. The third-order valence-electron chi connectivity index (χ3n) is 3.34. The van der Waals surface area contributed by atoms with Crippen molar-refractivity contribution < 1.29 is 19.4 Å². The van der Waals surface area contributed by atoms with Crippen LogP contribution in [0.25, 0.3) is 0 Å². The highest BCUT2D eigenvalue weighted by Gasteiger charge is 2.14. The summed E-state index contributed by atoms with van der Waals surface area (Å²) in [4.78, 5) is 23.7. The summed E-state index contributed by atoms with van der Waals surface area (Å²) in [5.41, 5.74) is 3.49. The first-order chi connectivity index (χ1) is 11.9. The van der Waals surface area contributed by atoms with Gasteiger partial charge in [0.1, 0.15) is 0 Å². The number of carbonyl (C=O) groups excluding carboxylic acids is 2. The number of benzene rings is 2. The number of ether oxygens (including phenoxy) is 1. The third kappa shape index (κ3) is 4.48. The molecule has 0 aliphatic heterocycles. The second-order valence-electron chi connectivity index (χ2n) is 4.96. The average molecular weight is 362 g/mol. The number of carbonyl (C=O) groups is 2. The van der Waals surface area contributed by atoms with Gasteiger partial charge in [-0.05, 0) is 36.8 Å². The van der Waals surface area contributed by atoms with Gasteiger partial charge >= 0.3 is 11.8 Å². The van der Waals surface area contributed by atoms with Gasteiger partial charge in [-0.15, -0.1) is 0 Å². The van der Waals surface area contributed by atoms with Crippen molar-refractivity contribution in [3.05, 3.63) is 52.5 Å². The Morgan fingerprint density at radius 1 is 1.20 bits per heavy atom. The van der Waals surface area contributed by atoms with E-state index in [1.165, 1.54) is 13.3 Å². The van der Waals surface area contributed by atoms with Gasteiger partial charge in [-0.25, -0.2) is 5.43 Å². The molecule has 0 atom stereocenters. The van der Waals surface area contributed by atoms with Gasteiger partial charge in [0, 0.05) is 16.3 Å². The molecule has 0 heterocycles. The number of aromatic hydroxyl groups is 1. The number of hydrogen-bond acceptors (Lipinski definition) is 5. The van der Waals surface area contributed by atoms with E-state index in [1.54, 1.807) is 43.3 Å². The average Bonchev–Trinajstić information content (AvgIpc) is 2.60. The molecular formula is C17H16ClN3O4. The predicted molar refractivity (Wildman–Crippen MR) is 95.2 cm³/mol. The van der Waals surface area contributed by atoms with Gasteiger partial charge in [-0.2, -0.15) is 5.10 Å². The molecule has 2 amide bonds. The van der Waals surface area contributed by atoms with Crippen molar-refractivity contribution in [1.82, 2.24) is 5.43 Å². The minimum Gasteiger partial charge on any atom is -0.504 e. The molecule has 8 heteroatoms. The molecule has 0 bridgehead atoms. The highest BCUT2D eigenvalue weighted by Crippen LogP contribution is 2.27. The quantitative estimate of drug-likeness (QED) is 0.442. The van der Waals surface area contributed by atoms with Crippen LogP contribution >= 0.6 is 11.6 Å². The lowest BCUT2D eigenvalue weighted by Crippen LogP contribution is -2.32. The van der Waals surface area contributed by atoms with Crippen LogP contribution in [0.15, 0.2) is 41.5 Å². The van der Waals surface area contributed by atoms with Crippen LogP contribution in [0, 0.1) is 6.92 Å². The molecule has 0 saturated carbocycles. The minimum atomic E-state index is -0.960. The van der Waals surface area contributed by atoms with E-state index in [1.807, 2.05) is 0 Å². The van der Waals surface area contributed by atoms with Crippen molar-refractivity contribution in [2.75, 3.05) is 12.4 Å². The summed E-state index contributed by atoms with van der Waals surface area (Å²) in [7, 11) is 1.42. The molecule has 0 aromatic heterocycles. The maximum Gasteiger partial charge on any atom is 0.329 e. The van der Waals surface area contributed by atoms with Crippen LogP contribution < -0.4 is 15.5 Å². The zero-order valence-corrected chi connectivity index (χ0v) is 14.3. The molecule has 0 saturated heterocycles. The van der Waals surface area contributed by atoms with E-state index in [0.29, 0.717) is 21.8 Å². The van der Waals surface area contributed by atoms with Crippen LogP contribution in [0.4, 0.5) is 5.69 Å². The molecule has 0 unspecified atom stereocenters. The van der Waals surface area contributed by atoms with Crippen molar-refractivity contribution in [2.45, 2.75) is 6.92 Å². The molecule has 130 valence electrons. The predicted octanol–water partition coefficient (Wildman–Crippen LogP) is 2.45. The Kier molecular flexibility index (Phi) is 5.97. The summed E-state index contributed by atoms with van der Waals surface area (Å²) in [6, 6.07) is 9.76. The van der Waals surface area contributed by atoms with Crippen LogP contribution in [0.2, 0.25) is 5.02 Å². The maximum absolute atomic E-state index is 11.9. The summed E-state index contributed by atoms with van der Waals surface area (Å²) in [6.07, 6.45) is 1.20. The Morgan fingerprint density at radius 3 is 2.64 bits per heavy atom. The van der Waals surface area contributed by atoms with Crippen molar-refractivity contribution >= 4 is 35.3 Å². The SMILES string of the molecule is COc1cccc(/C=N/NC(=O)C(=O)Nc2cccc(Cl)c2C)c1O. The van der Waals surface area contributed by atoms with Gasteiger partial charge < -0.3 is 15.2 Å². The highest BCUT2D eigenvalue weighted by molar-refractivity contribution is 6.40. The fraction of sp³-hybridized carbons (Fsp3) is 0.118. The van der Waals surface area contributed by atoms with E-state index in [9.17, 15) is 14.7 Å². The van der Waals surface area contributed by atoms with Gasteiger partial charge in [-0.1, -0.05) is 23.7 Å². The van der Waals surface area contributed by atoms with Gasteiger partial charge in [0.2, 0.25) is 0 Å². The number of phenols is 1. The van der Waals surface area contributed by atoms with Crippen molar-refractivity contribution in [3.63, 3.8) is 0 Å². The first-order valence-electron chi connectivity index (χ1n) is 7.19. The number of rotatable bonds is 4. The molecule has 25 heavy (non-hydrogen) atoms. The number of hydrogen-bond donors (Lipinski definition) is 3. The molecule has 3 N–H and O–H groups in total. The summed E-state index contributed by atoms with van der Waals surface area (Å²) in [6.45, 7) is 1.72. The number of nitrogens with one attached hydrogen (secondary N) is 2. The Morgan fingerprint density at radius 2 is 1.92 bits per heavy atom. The number of anilines is 1. The Hall–Kier alpha value is -3.06. The van der Waals surface area contributed by atoms with Gasteiger partial charge in [0.25, 0.3) is 0 Å². The van der Waals surface area contributed by atoms with Crippen LogP contribution in [0.5, 0.6) is 11.5 Å².